The lowest BCUT2D eigenvalue weighted by Crippen LogP contribution is -2.44. The molecule has 1 aromatic heterocycles. The van der Waals surface area contributed by atoms with Gasteiger partial charge in [-0.15, -0.1) is 11.3 Å². The number of piperazine rings is 1. The summed E-state index contributed by atoms with van der Waals surface area (Å²) in [5, 5.41) is 0.611. The van der Waals surface area contributed by atoms with E-state index in [1.807, 2.05) is 11.9 Å². The number of rotatable bonds is 4. The van der Waals surface area contributed by atoms with Gasteiger partial charge in [-0.25, -0.2) is 8.42 Å². The number of carbonyl (C=O) groups excluding carboxylic acids is 1. The van der Waals surface area contributed by atoms with Crippen molar-refractivity contribution in [1.82, 2.24) is 4.90 Å². The molecular weight excluding hydrogens is 310 g/mol. The molecule has 0 unspecified atom stereocenters. The number of thiophene rings is 1. The van der Waals surface area contributed by atoms with Gasteiger partial charge in [0.2, 0.25) is 0 Å². The number of sulfone groups is 1. The number of nitrogens with zero attached hydrogens (tertiary/aromatic N) is 2. The predicted molar refractivity (Wildman–Crippen MR) is 86.2 cm³/mol. The van der Waals surface area contributed by atoms with Crippen LogP contribution in [0.3, 0.4) is 0 Å². The van der Waals surface area contributed by atoms with E-state index in [9.17, 15) is 13.2 Å². The SMILES string of the molecule is CCC(=O)c1sc(N2CCN(C)CC2)c(S(C)(=O)=O)c1N. The van der Waals surface area contributed by atoms with Crippen LogP contribution in [0.1, 0.15) is 23.0 Å². The fourth-order valence-corrected chi connectivity index (χ4v) is 5.13. The standard InChI is InChI=1S/C13H21N3O3S2/c1-4-9(17)11-10(14)12(21(3,18)19)13(20-11)16-7-5-15(2)6-8-16/h4-8,14H2,1-3H3. The highest BCUT2D eigenvalue weighted by molar-refractivity contribution is 7.91. The van der Waals surface area contributed by atoms with Gasteiger partial charge in [0.15, 0.2) is 15.6 Å². The summed E-state index contributed by atoms with van der Waals surface area (Å²) in [5.41, 5.74) is 6.09. The van der Waals surface area contributed by atoms with Gasteiger partial charge in [0, 0.05) is 38.9 Å². The summed E-state index contributed by atoms with van der Waals surface area (Å²) < 4.78 is 24.2. The maximum absolute atomic E-state index is 12.1. The first-order chi connectivity index (χ1) is 9.75. The average Bonchev–Trinajstić information content (AvgIpc) is 2.76. The molecule has 6 nitrogen and oxygen atoms in total. The first-order valence-corrected chi connectivity index (χ1v) is 9.55. The van der Waals surface area contributed by atoms with Gasteiger partial charge in [0.05, 0.1) is 10.6 Å². The van der Waals surface area contributed by atoms with E-state index in [1.165, 1.54) is 11.3 Å². The van der Waals surface area contributed by atoms with E-state index in [0.29, 0.717) is 16.3 Å². The highest BCUT2D eigenvalue weighted by Gasteiger charge is 2.30. The zero-order chi connectivity index (χ0) is 15.8. The van der Waals surface area contributed by atoms with E-state index in [2.05, 4.69) is 4.90 Å². The molecule has 118 valence electrons. The number of hydrogen-bond donors (Lipinski definition) is 1. The molecule has 1 saturated heterocycles. The molecule has 2 rings (SSSR count). The van der Waals surface area contributed by atoms with Gasteiger partial charge in [0.25, 0.3) is 0 Å². The Morgan fingerprint density at radius 3 is 2.33 bits per heavy atom. The zero-order valence-corrected chi connectivity index (χ0v) is 14.2. The summed E-state index contributed by atoms with van der Waals surface area (Å²) in [5.74, 6) is -0.109. The molecule has 21 heavy (non-hydrogen) atoms. The Morgan fingerprint density at radius 1 is 1.29 bits per heavy atom. The number of ketones is 1. The van der Waals surface area contributed by atoms with E-state index in [-0.39, 0.29) is 16.4 Å². The van der Waals surface area contributed by atoms with Crippen molar-refractivity contribution in [3.05, 3.63) is 4.88 Å². The summed E-state index contributed by atoms with van der Waals surface area (Å²) in [6.45, 7) is 4.94. The summed E-state index contributed by atoms with van der Waals surface area (Å²) in [7, 11) is -1.44. The van der Waals surface area contributed by atoms with Crippen LogP contribution in [-0.4, -0.2) is 58.6 Å². The van der Waals surface area contributed by atoms with Crippen molar-refractivity contribution >= 4 is 37.6 Å². The maximum Gasteiger partial charge on any atom is 0.180 e. The second-order valence-electron chi connectivity index (χ2n) is 5.32. The molecule has 0 bridgehead atoms. The molecule has 0 aliphatic carbocycles. The minimum Gasteiger partial charge on any atom is -0.396 e. The zero-order valence-electron chi connectivity index (χ0n) is 12.5. The van der Waals surface area contributed by atoms with Crippen molar-refractivity contribution in [2.45, 2.75) is 18.2 Å². The highest BCUT2D eigenvalue weighted by atomic mass is 32.2. The van der Waals surface area contributed by atoms with E-state index in [4.69, 9.17) is 5.73 Å². The van der Waals surface area contributed by atoms with Crippen LogP contribution in [0.5, 0.6) is 0 Å². The van der Waals surface area contributed by atoms with Crippen molar-refractivity contribution in [2.75, 3.05) is 50.1 Å². The van der Waals surface area contributed by atoms with Crippen molar-refractivity contribution in [1.29, 1.82) is 0 Å². The third kappa shape index (κ3) is 3.22. The lowest BCUT2D eigenvalue weighted by atomic mass is 10.2. The smallest absolute Gasteiger partial charge is 0.180 e. The van der Waals surface area contributed by atoms with Gasteiger partial charge in [-0.05, 0) is 7.05 Å². The number of hydrogen-bond acceptors (Lipinski definition) is 7. The molecule has 0 spiro atoms. The van der Waals surface area contributed by atoms with Crippen LogP contribution in [0.25, 0.3) is 0 Å². The van der Waals surface area contributed by atoms with Crippen LogP contribution < -0.4 is 10.6 Å². The number of nitrogens with two attached hydrogens (primary N) is 1. The fraction of sp³-hybridized carbons (Fsp3) is 0.615. The van der Waals surface area contributed by atoms with Gasteiger partial charge >= 0.3 is 0 Å². The summed E-state index contributed by atoms with van der Waals surface area (Å²) in [6.07, 6.45) is 1.46. The Balaban J connectivity index is 2.51. The first kappa shape index (κ1) is 16.3. The minimum absolute atomic E-state index is 0.109. The number of nitrogen functional groups attached to an aromatic ring is 1. The molecule has 2 N–H and O–H groups in total. The van der Waals surface area contributed by atoms with Gasteiger partial charge in [-0.2, -0.15) is 0 Å². The number of carbonyl (C=O) groups is 1. The average molecular weight is 331 g/mol. The quantitative estimate of drug-likeness (QED) is 0.831. The summed E-state index contributed by atoms with van der Waals surface area (Å²) >= 11 is 1.21. The van der Waals surface area contributed by atoms with Crippen molar-refractivity contribution in [3.8, 4) is 0 Å². The lowest BCUT2D eigenvalue weighted by Gasteiger charge is -2.33. The van der Waals surface area contributed by atoms with Crippen LogP contribution in [0.4, 0.5) is 10.7 Å². The van der Waals surface area contributed by atoms with Gasteiger partial charge in [-0.1, -0.05) is 6.92 Å². The van der Waals surface area contributed by atoms with Gasteiger partial charge < -0.3 is 15.5 Å². The third-order valence-corrected chi connectivity index (χ3v) is 6.21. The summed E-state index contributed by atoms with van der Waals surface area (Å²) in [6, 6.07) is 0. The van der Waals surface area contributed by atoms with Gasteiger partial charge in [-0.3, -0.25) is 4.79 Å². The van der Waals surface area contributed by atoms with E-state index in [0.717, 1.165) is 32.4 Å². The van der Waals surface area contributed by atoms with Crippen LogP contribution in [-0.2, 0) is 9.84 Å². The van der Waals surface area contributed by atoms with Crippen molar-refractivity contribution in [3.63, 3.8) is 0 Å². The predicted octanol–water partition coefficient (Wildman–Crippen LogP) is 1.08. The molecule has 1 aliphatic rings. The molecule has 0 atom stereocenters. The number of anilines is 2. The van der Waals surface area contributed by atoms with Crippen LogP contribution >= 0.6 is 11.3 Å². The number of Topliss-reactive ketones (excluding diaryl/α,β-unsaturated/α-hetero) is 1. The van der Waals surface area contributed by atoms with Crippen LogP contribution in [0.15, 0.2) is 4.90 Å². The molecule has 0 saturated carbocycles. The van der Waals surface area contributed by atoms with E-state index < -0.39 is 9.84 Å². The minimum atomic E-state index is -3.47. The van der Waals surface area contributed by atoms with Crippen LogP contribution in [0, 0.1) is 0 Å². The molecule has 1 aliphatic heterocycles. The van der Waals surface area contributed by atoms with Crippen molar-refractivity contribution < 1.29 is 13.2 Å². The number of likely N-dealkylation sites (N-methyl/N-ethyl adjacent to an activating group) is 1. The molecule has 1 aromatic rings. The Labute approximate surface area is 129 Å². The molecule has 0 amide bonds. The highest BCUT2D eigenvalue weighted by Crippen LogP contribution is 2.42. The van der Waals surface area contributed by atoms with Gasteiger partial charge in [0.1, 0.15) is 9.90 Å². The Bertz CT molecular complexity index is 644. The molecule has 2 heterocycles. The first-order valence-electron chi connectivity index (χ1n) is 6.84. The molecule has 8 heteroatoms. The van der Waals surface area contributed by atoms with E-state index in [1.54, 1.807) is 6.92 Å². The molecular formula is C13H21N3O3S2. The van der Waals surface area contributed by atoms with Crippen LogP contribution in [0.2, 0.25) is 0 Å². The second kappa shape index (κ2) is 5.94. The molecule has 1 fully saturated rings. The second-order valence-corrected chi connectivity index (χ2v) is 8.27. The Hall–Kier alpha value is -1.12. The van der Waals surface area contributed by atoms with Crippen molar-refractivity contribution in [2.24, 2.45) is 0 Å². The Kier molecular flexibility index (Phi) is 4.60. The third-order valence-electron chi connectivity index (χ3n) is 3.62. The monoisotopic (exact) mass is 331 g/mol. The lowest BCUT2D eigenvalue weighted by molar-refractivity contribution is 0.0992. The Morgan fingerprint density at radius 2 is 1.86 bits per heavy atom. The molecule has 0 aromatic carbocycles. The fourth-order valence-electron chi connectivity index (χ4n) is 2.36. The summed E-state index contributed by atoms with van der Waals surface area (Å²) in [4.78, 5) is 16.7. The maximum atomic E-state index is 12.1. The van der Waals surface area contributed by atoms with E-state index >= 15 is 0 Å². The molecule has 0 radical (unpaired) electrons. The normalized spacial score (nSPS) is 17.2. The topological polar surface area (TPSA) is 83.7 Å². The largest absolute Gasteiger partial charge is 0.396 e.